The molecule has 0 aliphatic heterocycles. The SMILES string of the molecule is CC(C)(C)[Si](C)(C)O[C@@H](CNC(=O)O)[C@H]1C[C@@H]1CO. The fourth-order valence-electron chi connectivity index (χ4n) is 1.96. The molecule has 0 aromatic carbocycles. The largest absolute Gasteiger partial charge is 0.465 e. The van der Waals surface area contributed by atoms with E-state index in [-0.39, 0.29) is 29.6 Å². The zero-order chi connectivity index (χ0) is 14.8. The summed E-state index contributed by atoms with van der Waals surface area (Å²) in [6, 6.07) is 0. The predicted octanol–water partition coefficient (Wildman–Crippen LogP) is 2.27. The highest BCUT2D eigenvalue weighted by Crippen LogP contribution is 2.45. The topological polar surface area (TPSA) is 78.8 Å². The molecule has 0 unspecified atom stereocenters. The molecule has 1 amide bonds. The van der Waals surface area contributed by atoms with Crippen LogP contribution in [-0.2, 0) is 4.43 Å². The smallest absolute Gasteiger partial charge is 0.404 e. The van der Waals surface area contributed by atoms with E-state index in [4.69, 9.17) is 9.53 Å². The third-order valence-electron chi connectivity index (χ3n) is 4.40. The Bertz CT molecular complexity index is 327. The van der Waals surface area contributed by atoms with Crippen molar-refractivity contribution in [2.24, 2.45) is 11.8 Å². The van der Waals surface area contributed by atoms with E-state index in [0.29, 0.717) is 6.54 Å². The molecular weight excluding hydrogens is 262 g/mol. The molecule has 0 radical (unpaired) electrons. The minimum Gasteiger partial charge on any atom is -0.465 e. The zero-order valence-electron chi connectivity index (χ0n) is 12.6. The molecule has 0 spiro atoms. The summed E-state index contributed by atoms with van der Waals surface area (Å²) in [7, 11) is -1.92. The molecule has 6 heteroatoms. The maximum atomic E-state index is 10.7. The second kappa shape index (κ2) is 5.81. The third kappa shape index (κ3) is 4.47. The van der Waals surface area contributed by atoms with Crippen LogP contribution >= 0.6 is 0 Å². The number of rotatable bonds is 6. The summed E-state index contributed by atoms with van der Waals surface area (Å²) in [5.74, 6) is 0.552. The summed E-state index contributed by atoms with van der Waals surface area (Å²) in [5.41, 5.74) is 0. The van der Waals surface area contributed by atoms with E-state index in [0.717, 1.165) is 6.42 Å². The number of carboxylic acid groups (broad SMARTS) is 1. The molecular formula is C13H27NO4Si. The molecule has 0 heterocycles. The number of hydrogen-bond acceptors (Lipinski definition) is 3. The van der Waals surface area contributed by atoms with Crippen molar-refractivity contribution in [3.05, 3.63) is 0 Å². The van der Waals surface area contributed by atoms with E-state index in [2.05, 4.69) is 39.2 Å². The van der Waals surface area contributed by atoms with E-state index >= 15 is 0 Å². The van der Waals surface area contributed by atoms with Gasteiger partial charge in [-0.25, -0.2) is 4.79 Å². The lowest BCUT2D eigenvalue weighted by atomic mass is 10.2. The molecule has 5 nitrogen and oxygen atoms in total. The molecule has 3 atom stereocenters. The van der Waals surface area contributed by atoms with Crippen LogP contribution in [0, 0.1) is 11.8 Å². The van der Waals surface area contributed by atoms with Gasteiger partial charge >= 0.3 is 6.09 Å². The minimum atomic E-state index is -1.92. The van der Waals surface area contributed by atoms with E-state index < -0.39 is 14.4 Å². The molecule has 1 rings (SSSR count). The van der Waals surface area contributed by atoms with Gasteiger partial charge in [0.05, 0.1) is 6.10 Å². The first-order valence-electron chi connectivity index (χ1n) is 6.84. The Hall–Kier alpha value is -0.593. The van der Waals surface area contributed by atoms with E-state index in [9.17, 15) is 9.90 Å². The Labute approximate surface area is 116 Å². The van der Waals surface area contributed by atoms with Gasteiger partial charge in [-0.05, 0) is 36.4 Å². The molecule has 1 fully saturated rings. The summed E-state index contributed by atoms with van der Waals surface area (Å²) >= 11 is 0. The average molecular weight is 289 g/mol. The first-order chi connectivity index (χ1) is 8.58. The highest BCUT2D eigenvalue weighted by molar-refractivity contribution is 6.74. The van der Waals surface area contributed by atoms with Gasteiger partial charge in [0.2, 0.25) is 0 Å². The number of carbonyl (C=O) groups is 1. The van der Waals surface area contributed by atoms with Crippen molar-refractivity contribution < 1.29 is 19.4 Å². The van der Waals surface area contributed by atoms with E-state index in [1.807, 2.05) is 0 Å². The number of hydrogen-bond donors (Lipinski definition) is 3. The van der Waals surface area contributed by atoms with Gasteiger partial charge in [0.1, 0.15) is 0 Å². The Balaban J connectivity index is 2.67. The molecule has 0 saturated heterocycles. The van der Waals surface area contributed by atoms with Crippen LogP contribution in [-0.4, -0.2) is 43.9 Å². The van der Waals surface area contributed by atoms with E-state index in [1.165, 1.54) is 0 Å². The van der Waals surface area contributed by atoms with Crippen molar-refractivity contribution >= 4 is 14.4 Å². The normalized spacial score (nSPS) is 24.9. The van der Waals surface area contributed by atoms with Crippen molar-refractivity contribution in [1.29, 1.82) is 0 Å². The summed E-state index contributed by atoms with van der Waals surface area (Å²) in [4.78, 5) is 10.7. The molecule has 1 aliphatic carbocycles. The molecule has 1 aliphatic rings. The fraction of sp³-hybridized carbons (Fsp3) is 0.923. The number of amides is 1. The lowest BCUT2D eigenvalue weighted by Gasteiger charge is -2.39. The van der Waals surface area contributed by atoms with Crippen molar-refractivity contribution in [2.75, 3.05) is 13.2 Å². The maximum Gasteiger partial charge on any atom is 0.404 e. The summed E-state index contributed by atoms with van der Waals surface area (Å²) in [6.07, 6.45) is -0.212. The van der Waals surface area contributed by atoms with Gasteiger partial charge in [-0.3, -0.25) is 0 Å². The van der Waals surface area contributed by atoms with Gasteiger partial charge in [0.15, 0.2) is 8.32 Å². The summed E-state index contributed by atoms with van der Waals surface area (Å²) < 4.78 is 6.31. The Morgan fingerprint density at radius 1 is 1.47 bits per heavy atom. The standard InChI is InChI=1S/C13H27NO4Si/c1-13(2,3)19(4,5)18-11(7-14-12(16)17)10-6-9(10)8-15/h9-11,14-15H,6-8H2,1-5H3,(H,16,17)/t9-,10+,11+/m1/s1. The van der Waals surface area contributed by atoms with Crippen molar-refractivity contribution in [2.45, 2.75) is 51.4 Å². The maximum absolute atomic E-state index is 10.7. The summed E-state index contributed by atoms with van der Waals surface area (Å²) in [6.45, 7) is 11.3. The fourth-order valence-corrected chi connectivity index (χ4v) is 3.33. The minimum absolute atomic E-state index is 0.0953. The molecule has 0 aromatic rings. The van der Waals surface area contributed by atoms with Crippen molar-refractivity contribution in [3.8, 4) is 0 Å². The van der Waals surface area contributed by atoms with Crippen LogP contribution in [0.5, 0.6) is 0 Å². The lowest BCUT2D eigenvalue weighted by molar-refractivity contribution is 0.135. The molecule has 3 N–H and O–H groups in total. The van der Waals surface area contributed by atoms with Gasteiger partial charge in [0, 0.05) is 13.2 Å². The van der Waals surface area contributed by atoms with Crippen molar-refractivity contribution in [1.82, 2.24) is 5.32 Å². The van der Waals surface area contributed by atoms with Crippen LogP contribution < -0.4 is 5.32 Å². The zero-order valence-corrected chi connectivity index (χ0v) is 13.6. The van der Waals surface area contributed by atoms with Gasteiger partial charge in [-0.15, -0.1) is 0 Å². The summed E-state index contributed by atoms with van der Waals surface area (Å²) in [5, 5.41) is 20.4. The van der Waals surface area contributed by atoms with Crippen LogP contribution in [0.2, 0.25) is 18.1 Å². The Morgan fingerprint density at radius 2 is 2.05 bits per heavy atom. The molecule has 112 valence electrons. The number of nitrogens with one attached hydrogen (secondary N) is 1. The van der Waals surface area contributed by atoms with Crippen LogP contribution in [0.3, 0.4) is 0 Å². The van der Waals surface area contributed by atoms with Crippen molar-refractivity contribution in [3.63, 3.8) is 0 Å². The van der Waals surface area contributed by atoms with Crippen LogP contribution in [0.4, 0.5) is 4.79 Å². The first kappa shape index (κ1) is 16.5. The van der Waals surface area contributed by atoms with Crippen LogP contribution in [0.25, 0.3) is 0 Å². The first-order valence-corrected chi connectivity index (χ1v) is 9.75. The monoisotopic (exact) mass is 289 g/mol. The van der Waals surface area contributed by atoms with E-state index in [1.54, 1.807) is 0 Å². The van der Waals surface area contributed by atoms with Crippen LogP contribution in [0.15, 0.2) is 0 Å². The van der Waals surface area contributed by atoms with Gasteiger partial charge in [0.25, 0.3) is 0 Å². The number of aliphatic hydroxyl groups is 1. The third-order valence-corrected chi connectivity index (χ3v) is 8.90. The second-order valence-electron chi connectivity index (χ2n) is 6.94. The lowest BCUT2D eigenvalue weighted by Crippen LogP contribution is -2.47. The molecule has 0 bridgehead atoms. The Morgan fingerprint density at radius 3 is 2.42 bits per heavy atom. The van der Waals surface area contributed by atoms with Crippen LogP contribution in [0.1, 0.15) is 27.2 Å². The van der Waals surface area contributed by atoms with Gasteiger partial charge < -0.3 is 20.0 Å². The highest BCUT2D eigenvalue weighted by Gasteiger charge is 2.47. The quantitative estimate of drug-likeness (QED) is 0.655. The predicted molar refractivity (Wildman–Crippen MR) is 76.8 cm³/mol. The van der Waals surface area contributed by atoms with Gasteiger partial charge in [-0.2, -0.15) is 0 Å². The van der Waals surface area contributed by atoms with Gasteiger partial charge in [-0.1, -0.05) is 20.8 Å². The molecule has 0 aromatic heterocycles. The number of aliphatic hydroxyl groups excluding tert-OH is 1. The Kier molecular flexibility index (Phi) is 5.03. The molecule has 19 heavy (non-hydrogen) atoms. The molecule has 1 saturated carbocycles. The average Bonchev–Trinajstić information content (AvgIpc) is 3.01. The second-order valence-corrected chi connectivity index (χ2v) is 11.7. The highest BCUT2D eigenvalue weighted by atomic mass is 28.4.